The second-order valence-electron chi connectivity index (χ2n) is 10.6. The highest BCUT2D eigenvalue weighted by Crippen LogP contribution is 2.48. The summed E-state index contributed by atoms with van der Waals surface area (Å²) in [6.07, 6.45) is -1.18. The van der Waals surface area contributed by atoms with Crippen molar-refractivity contribution >= 4 is 5.82 Å². The molecule has 3 N–H and O–H groups in total. The second kappa shape index (κ2) is 10.9. The lowest BCUT2D eigenvalue weighted by atomic mass is 9.79. The van der Waals surface area contributed by atoms with Crippen LogP contribution in [0.4, 0.5) is 5.82 Å². The molecule has 0 amide bonds. The van der Waals surface area contributed by atoms with Gasteiger partial charge in [0.1, 0.15) is 40.7 Å². The van der Waals surface area contributed by atoms with Gasteiger partial charge in [0.25, 0.3) is 0 Å². The number of nitrogen functional groups attached to an aromatic ring is 1. The Bertz CT molecular complexity index is 1560. The van der Waals surface area contributed by atoms with Gasteiger partial charge in [0, 0.05) is 11.8 Å². The SMILES string of the molecule is COc1ccc(C(OC[C@@]23CO[C@@H]([C@H](n4cc(C)c(N)nc4=O)O2)[C@@H]3O)(c2ccccc2)c2ccc(OC)cc2)cc1. The molecule has 3 aromatic carbocycles. The quantitative estimate of drug-likeness (QED) is 0.291. The number of aromatic nitrogens is 2. The van der Waals surface area contributed by atoms with E-state index in [0.29, 0.717) is 17.1 Å². The standard InChI is InChI=1S/C32H33N3O7/c1-20-17-35(30(37)34-28(20)33)29-26-27(36)31(42-29,18-40-26)19-41-32(21-7-5-4-6-8-21,22-9-13-24(38-2)14-10-22)23-11-15-25(39-3)16-12-23/h4-17,26-27,29,36H,18-19H2,1-3H3,(H2,33,34,37)/t26-,27+,29-,31-/m1/s1. The summed E-state index contributed by atoms with van der Waals surface area (Å²) in [5.74, 6) is 1.55. The normalized spacial score (nSPS) is 23.2. The first-order valence-electron chi connectivity index (χ1n) is 13.6. The minimum Gasteiger partial charge on any atom is -0.497 e. The molecular weight excluding hydrogens is 538 g/mol. The van der Waals surface area contributed by atoms with Crippen molar-refractivity contribution in [2.24, 2.45) is 0 Å². The maximum Gasteiger partial charge on any atom is 0.351 e. The molecule has 4 atom stereocenters. The first-order valence-corrected chi connectivity index (χ1v) is 13.6. The molecule has 2 aliphatic heterocycles. The van der Waals surface area contributed by atoms with E-state index in [4.69, 9.17) is 29.4 Å². The van der Waals surface area contributed by atoms with Crippen molar-refractivity contribution < 1.29 is 28.8 Å². The number of aliphatic hydroxyl groups is 1. The zero-order chi connectivity index (χ0) is 29.5. The summed E-state index contributed by atoms with van der Waals surface area (Å²) < 4.78 is 31.6. The molecule has 4 aromatic rings. The van der Waals surface area contributed by atoms with Gasteiger partial charge in [-0.05, 0) is 47.9 Å². The largest absolute Gasteiger partial charge is 0.497 e. The van der Waals surface area contributed by atoms with Crippen LogP contribution in [0.25, 0.3) is 0 Å². The van der Waals surface area contributed by atoms with Crippen LogP contribution < -0.4 is 20.9 Å². The van der Waals surface area contributed by atoms with Crippen LogP contribution in [0.5, 0.6) is 11.5 Å². The molecular formula is C32H33N3O7. The lowest BCUT2D eigenvalue weighted by Crippen LogP contribution is -2.48. The van der Waals surface area contributed by atoms with Crippen LogP contribution in [0.1, 0.15) is 28.5 Å². The monoisotopic (exact) mass is 571 g/mol. The lowest BCUT2D eigenvalue weighted by Gasteiger charge is -2.39. The van der Waals surface area contributed by atoms with Gasteiger partial charge < -0.3 is 34.5 Å². The van der Waals surface area contributed by atoms with Gasteiger partial charge in [-0.15, -0.1) is 0 Å². The third-order valence-electron chi connectivity index (χ3n) is 8.16. The molecule has 3 heterocycles. The number of ether oxygens (including phenoxy) is 5. The molecule has 6 rings (SSSR count). The van der Waals surface area contributed by atoms with Crippen LogP contribution in [0, 0.1) is 6.92 Å². The fourth-order valence-electron chi connectivity index (χ4n) is 5.80. The van der Waals surface area contributed by atoms with E-state index in [1.54, 1.807) is 27.3 Å². The highest BCUT2D eigenvalue weighted by atomic mass is 16.7. The molecule has 2 saturated heterocycles. The van der Waals surface area contributed by atoms with Crippen LogP contribution in [0.15, 0.2) is 89.9 Å². The number of aryl methyl sites for hydroxylation is 1. The molecule has 10 nitrogen and oxygen atoms in total. The molecule has 0 saturated carbocycles. The molecule has 0 aliphatic carbocycles. The minimum absolute atomic E-state index is 0.0513. The number of hydrogen-bond acceptors (Lipinski definition) is 9. The Labute approximate surface area is 243 Å². The van der Waals surface area contributed by atoms with Crippen molar-refractivity contribution in [1.29, 1.82) is 0 Å². The third kappa shape index (κ3) is 4.53. The van der Waals surface area contributed by atoms with Gasteiger partial charge in [-0.25, -0.2) is 4.79 Å². The number of methoxy groups -OCH3 is 2. The van der Waals surface area contributed by atoms with Gasteiger partial charge in [-0.2, -0.15) is 4.98 Å². The number of rotatable bonds is 9. The molecule has 2 bridgehead atoms. The molecule has 0 radical (unpaired) electrons. The highest BCUT2D eigenvalue weighted by Gasteiger charge is 2.63. The van der Waals surface area contributed by atoms with Crippen molar-refractivity contribution in [2.75, 3.05) is 33.2 Å². The highest BCUT2D eigenvalue weighted by molar-refractivity contribution is 5.50. The van der Waals surface area contributed by atoms with Gasteiger partial charge in [-0.3, -0.25) is 4.57 Å². The fraction of sp³-hybridized carbons (Fsp3) is 0.312. The molecule has 2 aliphatic rings. The number of anilines is 1. The van der Waals surface area contributed by atoms with E-state index < -0.39 is 35.3 Å². The number of hydrogen-bond donors (Lipinski definition) is 2. The molecule has 0 spiro atoms. The van der Waals surface area contributed by atoms with Crippen molar-refractivity contribution in [3.63, 3.8) is 0 Å². The van der Waals surface area contributed by atoms with Gasteiger partial charge in [0.2, 0.25) is 0 Å². The van der Waals surface area contributed by atoms with E-state index in [0.717, 1.165) is 16.7 Å². The summed E-state index contributed by atoms with van der Waals surface area (Å²) in [6, 6.07) is 25.2. The topological polar surface area (TPSA) is 127 Å². The number of benzene rings is 3. The van der Waals surface area contributed by atoms with Crippen LogP contribution in [0.2, 0.25) is 0 Å². The summed E-state index contributed by atoms with van der Waals surface area (Å²) in [5.41, 5.74) is 6.04. The van der Waals surface area contributed by atoms with Gasteiger partial charge in [0.15, 0.2) is 6.23 Å². The smallest absolute Gasteiger partial charge is 0.351 e. The molecule has 0 unspecified atom stereocenters. The van der Waals surface area contributed by atoms with Crippen molar-refractivity contribution in [3.05, 3.63) is 118 Å². The average Bonchev–Trinajstić information content (AvgIpc) is 3.49. The van der Waals surface area contributed by atoms with E-state index in [-0.39, 0.29) is 19.0 Å². The number of fused-ring (bicyclic) bond motifs is 2. The van der Waals surface area contributed by atoms with Crippen molar-refractivity contribution in [3.8, 4) is 11.5 Å². The van der Waals surface area contributed by atoms with Crippen LogP contribution >= 0.6 is 0 Å². The van der Waals surface area contributed by atoms with Gasteiger partial charge in [0.05, 0.1) is 27.4 Å². The minimum atomic E-state index is -1.25. The number of nitrogens with two attached hydrogens (primary N) is 1. The summed E-state index contributed by atoms with van der Waals surface area (Å²) in [4.78, 5) is 16.6. The van der Waals surface area contributed by atoms with E-state index in [1.165, 1.54) is 4.57 Å². The first-order chi connectivity index (χ1) is 20.3. The zero-order valence-electron chi connectivity index (χ0n) is 23.6. The third-order valence-corrected chi connectivity index (χ3v) is 8.16. The fourth-order valence-corrected chi connectivity index (χ4v) is 5.80. The molecule has 1 aromatic heterocycles. The summed E-state index contributed by atoms with van der Waals surface area (Å²) in [5, 5.41) is 11.4. The number of nitrogens with zero attached hydrogens (tertiary/aromatic N) is 2. The Kier molecular flexibility index (Phi) is 7.24. The molecule has 2 fully saturated rings. The Hall–Kier alpha value is -4.22. The molecule has 218 valence electrons. The van der Waals surface area contributed by atoms with Crippen LogP contribution in [-0.2, 0) is 19.8 Å². The van der Waals surface area contributed by atoms with Gasteiger partial charge >= 0.3 is 5.69 Å². The zero-order valence-corrected chi connectivity index (χ0v) is 23.6. The summed E-state index contributed by atoms with van der Waals surface area (Å²) in [6.45, 7) is 1.78. The Morgan fingerprint density at radius 2 is 1.55 bits per heavy atom. The second-order valence-corrected chi connectivity index (χ2v) is 10.6. The van der Waals surface area contributed by atoms with Crippen LogP contribution in [0.3, 0.4) is 0 Å². The maximum absolute atomic E-state index is 12.7. The lowest BCUT2D eigenvalue weighted by molar-refractivity contribution is -0.204. The average molecular weight is 572 g/mol. The van der Waals surface area contributed by atoms with Gasteiger partial charge in [-0.1, -0.05) is 54.6 Å². The molecule has 10 heteroatoms. The molecule has 42 heavy (non-hydrogen) atoms. The Balaban J connectivity index is 1.43. The number of aliphatic hydroxyl groups excluding tert-OH is 1. The van der Waals surface area contributed by atoms with E-state index in [1.807, 2.05) is 78.9 Å². The van der Waals surface area contributed by atoms with Crippen molar-refractivity contribution in [1.82, 2.24) is 9.55 Å². The predicted molar refractivity (Wildman–Crippen MR) is 155 cm³/mol. The summed E-state index contributed by atoms with van der Waals surface area (Å²) in [7, 11) is 3.24. The summed E-state index contributed by atoms with van der Waals surface area (Å²) >= 11 is 0. The Morgan fingerprint density at radius 1 is 0.976 bits per heavy atom. The van der Waals surface area contributed by atoms with Crippen LogP contribution in [-0.4, -0.2) is 59.9 Å². The van der Waals surface area contributed by atoms with Crippen molar-refractivity contribution in [2.45, 2.75) is 36.6 Å². The van der Waals surface area contributed by atoms with E-state index in [2.05, 4.69) is 4.98 Å². The first kappa shape index (κ1) is 27.9. The maximum atomic E-state index is 12.7. The van der Waals surface area contributed by atoms with E-state index >= 15 is 0 Å². The predicted octanol–water partition coefficient (Wildman–Crippen LogP) is 3.19. The Morgan fingerprint density at radius 3 is 2.12 bits per heavy atom. The van der Waals surface area contributed by atoms with E-state index in [9.17, 15) is 9.90 Å².